The second-order valence-corrected chi connectivity index (χ2v) is 2.15. The van der Waals surface area contributed by atoms with Crippen molar-refractivity contribution < 1.29 is 27.0 Å². The van der Waals surface area contributed by atoms with Crippen LogP contribution in [0.4, 0.5) is 11.4 Å². The molecule has 0 atom stereocenters. The molecule has 0 unspecified atom stereocenters. The first-order valence-electron chi connectivity index (χ1n) is 2.99. The summed E-state index contributed by atoms with van der Waals surface area (Å²) in [6.45, 7) is 0. The van der Waals surface area contributed by atoms with Gasteiger partial charge in [0.15, 0.2) is 0 Å². The van der Waals surface area contributed by atoms with Crippen LogP contribution in [0.1, 0.15) is 10.4 Å². The van der Waals surface area contributed by atoms with E-state index >= 15 is 0 Å². The van der Waals surface area contributed by atoms with Crippen molar-refractivity contribution in [1.29, 1.82) is 0 Å². The number of nitrogens with two attached hydrogens (primary N) is 2. The predicted octanol–water partition coefficient (Wildman–Crippen LogP) is 0.547. The van der Waals surface area contributed by atoms with Crippen LogP contribution in [0.25, 0.3) is 0 Å². The normalized spacial score (nSPS) is 8.67. The van der Waals surface area contributed by atoms with E-state index in [2.05, 4.69) is 0 Å². The van der Waals surface area contributed by atoms with Crippen LogP contribution in [0, 0.1) is 0 Å². The van der Waals surface area contributed by atoms with E-state index in [0.29, 0.717) is 11.4 Å². The first-order chi connectivity index (χ1) is 5.11. The molecular weight excluding hydrogens is 208 g/mol. The molecule has 1 aromatic carbocycles. The zero-order chi connectivity index (χ0) is 8.43. The quantitative estimate of drug-likeness (QED) is 0.472. The molecule has 1 aromatic rings. The van der Waals surface area contributed by atoms with Gasteiger partial charge in [0, 0.05) is 17.1 Å². The fourth-order valence-electron chi connectivity index (χ4n) is 0.708. The summed E-state index contributed by atoms with van der Waals surface area (Å²) < 4.78 is 0. The van der Waals surface area contributed by atoms with Gasteiger partial charge in [-0.15, -0.1) is 0 Å². The molecule has 0 saturated heterocycles. The molecule has 0 amide bonds. The molecule has 5 N–H and O–H groups in total. The summed E-state index contributed by atoms with van der Waals surface area (Å²) in [5, 5.41) is 8.50. The van der Waals surface area contributed by atoms with E-state index < -0.39 is 5.97 Å². The number of carboxylic acids is 1. The minimum absolute atomic E-state index is 0. The largest absolute Gasteiger partial charge is 0.478 e. The predicted molar refractivity (Wildman–Crippen MR) is 42.2 cm³/mol. The van der Waals surface area contributed by atoms with Gasteiger partial charge in [-0.3, -0.25) is 0 Å². The maximum atomic E-state index is 10.4. The van der Waals surface area contributed by atoms with E-state index in [-0.39, 0.29) is 22.6 Å². The van der Waals surface area contributed by atoms with Gasteiger partial charge in [-0.05, 0) is 18.2 Å². The van der Waals surface area contributed by atoms with Crippen LogP contribution in [0.2, 0.25) is 0 Å². The molecule has 1 radical (unpaired) electrons. The molecule has 0 saturated carbocycles. The van der Waals surface area contributed by atoms with E-state index in [1.807, 2.05) is 0 Å². The smallest absolute Gasteiger partial charge is 0.335 e. The summed E-state index contributed by atoms with van der Waals surface area (Å²) in [5.41, 5.74) is 11.6. The maximum Gasteiger partial charge on any atom is 0.335 e. The molecule has 0 heterocycles. The molecule has 5 heteroatoms. The molecular formula is C7H8CuN2O2. The topological polar surface area (TPSA) is 89.3 Å². The summed E-state index contributed by atoms with van der Waals surface area (Å²) in [4.78, 5) is 10.4. The number of hydrogen-bond acceptors (Lipinski definition) is 3. The minimum atomic E-state index is -1.00. The van der Waals surface area contributed by atoms with Crippen molar-refractivity contribution >= 4 is 17.3 Å². The van der Waals surface area contributed by atoms with Crippen LogP contribution in [0.3, 0.4) is 0 Å². The van der Waals surface area contributed by atoms with Crippen molar-refractivity contribution in [2.45, 2.75) is 0 Å². The number of carboxylic acid groups (broad SMARTS) is 1. The molecule has 0 bridgehead atoms. The third-order valence-corrected chi connectivity index (χ3v) is 1.33. The number of carbonyl (C=O) groups is 1. The Kier molecular flexibility index (Phi) is 3.60. The van der Waals surface area contributed by atoms with Crippen LogP contribution in [0.15, 0.2) is 18.2 Å². The summed E-state index contributed by atoms with van der Waals surface area (Å²) in [6.07, 6.45) is 0. The Labute approximate surface area is 80.0 Å². The third-order valence-electron chi connectivity index (χ3n) is 1.33. The van der Waals surface area contributed by atoms with Gasteiger partial charge in [-0.1, -0.05) is 0 Å². The molecule has 0 aliphatic carbocycles. The van der Waals surface area contributed by atoms with Crippen LogP contribution in [0.5, 0.6) is 0 Å². The van der Waals surface area contributed by atoms with Gasteiger partial charge in [0.05, 0.1) is 16.9 Å². The second-order valence-electron chi connectivity index (χ2n) is 2.15. The van der Waals surface area contributed by atoms with Crippen LogP contribution < -0.4 is 11.5 Å². The maximum absolute atomic E-state index is 10.4. The molecule has 0 aliphatic rings. The zero-order valence-electron chi connectivity index (χ0n) is 6.04. The first kappa shape index (κ1) is 10.8. The Morgan fingerprint density at radius 2 is 1.83 bits per heavy atom. The Balaban J connectivity index is 0.00000121. The number of aromatic carboxylic acids is 1. The van der Waals surface area contributed by atoms with Crippen molar-refractivity contribution in [3.05, 3.63) is 23.8 Å². The number of anilines is 2. The van der Waals surface area contributed by atoms with Gasteiger partial charge in [-0.25, -0.2) is 4.79 Å². The van der Waals surface area contributed by atoms with Crippen molar-refractivity contribution in [2.75, 3.05) is 11.5 Å². The fourth-order valence-corrected chi connectivity index (χ4v) is 0.708. The average Bonchev–Trinajstić information content (AvgIpc) is 1.94. The summed E-state index contributed by atoms with van der Waals surface area (Å²) in [7, 11) is 0. The molecule has 0 aromatic heterocycles. The molecule has 69 valence electrons. The number of hydrogen-bond donors (Lipinski definition) is 3. The fraction of sp³-hybridized carbons (Fsp3) is 0. The standard InChI is InChI=1S/C7H8N2O2.Cu/c8-5-2-1-4(7(10)11)3-6(5)9;/h1-3H,8-9H2,(H,10,11);. The van der Waals surface area contributed by atoms with E-state index in [0.717, 1.165) is 0 Å². The van der Waals surface area contributed by atoms with Crippen molar-refractivity contribution in [3.8, 4) is 0 Å². The molecule has 0 spiro atoms. The Morgan fingerprint density at radius 1 is 1.25 bits per heavy atom. The monoisotopic (exact) mass is 215 g/mol. The third kappa shape index (κ3) is 2.15. The Morgan fingerprint density at radius 3 is 2.25 bits per heavy atom. The zero-order valence-corrected chi connectivity index (χ0v) is 6.99. The van der Waals surface area contributed by atoms with Crippen LogP contribution in [-0.2, 0) is 17.1 Å². The summed E-state index contributed by atoms with van der Waals surface area (Å²) in [5.74, 6) is -1.00. The first-order valence-corrected chi connectivity index (χ1v) is 2.99. The molecule has 4 nitrogen and oxygen atoms in total. The van der Waals surface area contributed by atoms with Crippen LogP contribution >= 0.6 is 0 Å². The van der Waals surface area contributed by atoms with Crippen molar-refractivity contribution in [2.24, 2.45) is 0 Å². The van der Waals surface area contributed by atoms with E-state index in [4.69, 9.17) is 16.6 Å². The number of rotatable bonds is 1. The van der Waals surface area contributed by atoms with Gasteiger partial charge in [0.1, 0.15) is 0 Å². The van der Waals surface area contributed by atoms with Gasteiger partial charge in [-0.2, -0.15) is 0 Å². The van der Waals surface area contributed by atoms with Crippen molar-refractivity contribution in [3.63, 3.8) is 0 Å². The molecule has 1 rings (SSSR count). The second kappa shape index (κ2) is 3.99. The molecule has 12 heavy (non-hydrogen) atoms. The summed E-state index contributed by atoms with van der Waals surface area (Å²) >= 11 is 0. The SMILES string of the molecule is Nc1ccc(C(=O)O)cc1N.[Cu]. The van der Waals surface area contributed by atoms with Gasteiger partial charge < -0.3 is 16.6 Å². The van der Waals surface area contributed by atoms with Crippen molar-refractivity contribution in [1.82, 2.24) is 0 Å². The number of nitrogen functional groups attached to an aromatic ring is 2. The van der Waals surface area contributed by atoms with E-state index in [1.165, 1.54) is 18.2 Å². The average molecular weight is 216 g/mol. The van der Waals surface area contributed by atoms with Crippen LogP contribution in [-0.4, -0.2) is 11.1 Å². The van der Waals surface area contributed by atoms with Gasteiger partial charge in [0.2, 0.25) is 0 Å². The van der Waals surface area contributed by atoms with E-state index in [9.17, 15) is 4.79 Å². The van der Waals surface area contributed by atoms with E-state index in [1.54, 1.807) is 0 Å². The summed E-state index contributed by atoms with van der Waals surface area (Å²) in [6, 6.07) is 4.21. The van der Waals surface area contributed by atoms with Gasteiger partial charge >= 0.3 is 5.97 Å². The molecule has 0 aliphatic heterocycles. The Hall–Kier alpha value is -1.19. The Bertz CT molecular complexity index is 301. The number of benzene rings is 1. The minimum Gasteiger partial charge on any atom is -0.478 e. The van der Waals surface area contributed by atoms with Gasteiger partial charge in [0.25, 0.3) is 0 Å². The molecule has 0 fully saturated rings.